The minimum absolute atomic E-state index is 0.0118. The van der Waals surface area contributed by atoms with E-state index in [2.05, 4.69) is 29.8 Å². The number of amides is 1. The molecule has 3 aromatic heterocycles. The molecule has 3 N–H and O–H groups in total. The van der Waals surface area contributed by atoms with Gasteiger partial charge in [-0.2, -0.15) is 4.72 Å². The van der Waals surface area contributed by atoms with Crippen molar-refractivity contribution in [3.05, 3.63) is 45.3 Å². The van der Waals surface area contributed by atoms with Crippen LogP contribution in [0.1, 0.15) is 34.0 Å². The van der Waals surface area contributed by atoms with E-state index in [1.807, 2.05) is 21.1 Å². The van der Waals surface area contributed by atoms with E-state index in [1.54, 1.807) is 36.0 Å². The molecule has 0 spiro atoms. The Labute approximate surface area is 269 Å². The predicted octanol–water partition coefficient (Wildman–Crippen LogP) is 1.99. The molecule has 0 aromatic carbocycles. The summed E-state index contributed by atoms with van der Waals surface area (Å²) in [5.74, 6) is -0.594. The Kier molecular flexibility index (Phi) is 13.1. The summed E-state index contributed by atoms with van der Waals surface area (Å²) < 4.78 is 37.2. The summed E-state index contributed by atoms with van der Waals surface area (Å²) in [5, 5.41) is 10.1. The molecule has 0 saturated carbocycles. The number of ether oxygens (including phenoxy) is 1. The van der Waals surface area contributed by atoms with Crippen LogP contribution in [-0.2, 0) is 37.8 Å². The molecule has 3 aromatic rings. The third kappa shape index (κ3) is 9.70. The van der Waals surface area contributed by atoms with Crippen LogP contribution in [0.25, 0.3) is 0 Å². The number of hydrogen-bond acceptors (Lipinski definition) is 12. The Morgan fingerprint density at radius 2 is 2.05 bits per heavy atom. The molecule has 1 saturated heterocycles. The zero-order chi connectivity index (χ0) is 32.4. The number of aromatic nitrogens is 3. The van der Waals surface area contributed by atoms with Crippen LogP contribution in [0.3, 0.4) is 0 Å². The second-order valence-corrected chi connectivity index (χ2v) is 14.6. The maximum atomic E-state index is 13.5. The van der Waals surface area contributed by atoms with Crippen LogP contribution in [0.5, 0.6) is 0 Å². The number of nitrogens with zero attached hydrogens (tertiary/aromatic N) is 5. The van der Waals surface area contributed by atoms with E-state index in [-0.39, 0.29) is 23.8 Å². The van der Waals surface area contributed by atoms with Crippen LogP contribution in [0.15, 0.2) is 28.7 Å². The van der Waals surface area contributed by atoms with Crippen LogP contribution in [0, 0.1) is 6.92 Å². The zero-order valence-corrected chi connectivity index (χ0v) is 27.9. The summed E-state index contributed by atoms with van der Waals surface area (Å²) in [6, 6.07) is 2.10. The molecule has 1 aliphatic rings. The standard InChI is InChI=1S/C25H34ClN7O5S3.CH2O2/c1-16-24(40-25(29-16)33-11-5-6-17(15-33)31(2)3)41(36,37)30-18(14-28-22(34)19-7-8-20(26)39-19)23(35)38-13-9-21-27-10-12-32(21)4;2-1-3/h7-8,10,12,17-18,30H,5-6,9,11,13-15H2,1-4H3,(H,28,34);1H,(H,2,3)/t17-,18+;/m1./s1. The van der Waals surface area contributed by atoms with Crippen molar-refractivity contribution in [2.24, 2.45) is 7.05 Å². The van der Waals surface area contributed by atoms with Gasteiger partial charge in [-0.1, -0.05) is 22.9 Å². The number of imidazole rings is 1. The molecule has 0 bridgehead atoms. The van der Waals surface area contributed by atoms with Crippen molar-refractivity contribution in [1.29, 1.82) is 0 Å². The molecule has 0 aliphatic carbocycles. The van der Waals surface area contributed by atoms with Crippen LogP contribution < -0.4 is 14.9 Å². The first-order valence-electron chi connectivity index (χ1n) is 13.5. The van der Waals surface area contributed by atoms with Gasteiger partial charge in [0.2, 0.25) is 0 Å². The van der Waals surface area contributed by atoms with Gasteiger partial charge in [0, 0.05) is 51.5 Å². The fraction of sp³-hybridized carbons (Fsp3) is 0.500. The lowest BCUT2D eigenvalue weighted by molar-refractivity contribution is -0.145. The molecule has 4 heterocycles. The molecule has 2 atom stereocenters. The molecule has 4 rings (SSSR count). The molecule has 1 aliphatic heterocycles. The smallest absolute Gasteiger partial charge is 0.326 e. The van der Waals surface area contributed by atoms with Crippen LogP contribution >= 0.6 is 34.3 Å². The van der Waals surface area contributed by atoms with E-state index >= 15 is 0 Å². The van der Waals surface area contributed by atoms with Crippen molar-refractivity contribution in [2.45, 2.75) is 42.5 Å². The summed E-state index contributed by atoms with van der Waals surface area (Å²) in [5.41, 5.74) is 0.337. The molecular formula is C26H36ClN7O7S3. The van der Waals surface area contributed by atoms with Crippen molar-refractivity contribution in [3.63, 3.8) is 0 Å². The average Bonchev–Trinajstić information content (AvgIpc) is 3.71. The fourth-order valence-electron chi connectivity index (χ4n) is 4.42. The minimum atomic E-state index is -4.18. The number of thiophene rings is 1. The SMILES string of the molecule is Cc1nc(N2CCC[C@@H](N(C)C)C2)sc1S(=O)(=O)N[C@@H](CNC(=O)c1ccc(Cl)s1)C(=O)OCCc1nccn1C.O=CO. The van der Waals surface area contributed by atoms with Crippen molar-refractivity contribution < 1.29 is 32.6 Å². The van der Waals surface area contributed by atoms with Crippen molar-refractivity contribution >= 4 is 67.8 Å². The summed E-state index contributed by atoms with van der Waals surface area (Å²) in [6.07, 6.45) is 5.79. The highest BCUT2D eigenvalue weighted by molar-refractivity contribution is 7.91. The highest BCUT2D eigenvalue weighted by Crippen LogP contribution is 2.32. The number of hydrogen-bond donors (Lipinski definition) is 3. The normalized spacial score (nSPS) is 15.8. The van der Waals surface area contributed by atoms with Gasteiger partial charge in [-0.3, -0.25) is 14.4 Å². The third-order valence-electron chi connectivity index (χ3n) is 6.72. The van der Waals surface area contributed by atoms with Gasteiger partial charge in [0.1, 0.15) is 11.9 Å². The van der Waals surface area contributed by atoms with E-state index in [4.69, 9.17) is 26.2 Å². The highest BCUT2D eigenvalue weighted by atomic mass is 35.5. The number of likely N-dealkylation sites (N-methyl/N-ethyl adjacent to an activating group) is 1. The topological polar surface area (TPSA) is 176 Å². The number of aryl methyl sites for hydroxylation is 2. The van der Waals surface area contributed by atoms with Gasteiger partial charge in [-0.25, -0.2) is 18.4 Å². The van der Waals surface area contributed by atoms with Gasteiger partial charge in [-0.05, 0) is 46.0 Å². The fourth-order valence-corrected chi connectivity index (χ4v) is 8.11. The summed E-state index contributed by atoms with van der Waals surface area (Å²) in [7, 11) is 1.70. The Morgan fingerprint density at radius 1 is 1.32 bits per heavy atom. The Bertz CT molecular complexity index is 1520. The summed E-state index contributed by atoms with van der Waals surface area (Å²) in [4.78, 5) is 47.4. The minimum Gasteiger partial charge on any atom is -0.483 e. The van der Waals surface area contributed by atoms with Gasteiger partial charge < -0.3 is 29.5 Å². The monoisotopic (exact) mass is 689 g/mol. The van der Waals surface area contributed by atoms with E-state index in [9.17, 15) is 18.0 Å². The van der Waals surface area contributed by atoms with E-state index < -0.39 is 27.9 Å². The van der Waals surface area contributed by atoms with E-state index in [0.717, 1.165) is 48.6 Å². The number of thiazole rings is 1. The Balaban J connectivity index is 0.00000169. The van der Waals surface area contributed by atoms with Crippen LogP contribution in [0.2, 0.25) is 4.34 Å². The number of esters is 1. The quantitative estimate of drug-likeness (QED) is 0.187. The number of piperidine rings is 1. The number of anilines is 1. The van der Waals surface area contributed by atoms with Crippen molar-refractivity contribution in [3.8, 4) is 0 Å². The average molecular weight is 690 g/mol. The van der Waals surface area contributed by atoms with E-state index in [1.165, 1.54) is 0 Å². The maximum Gasteiger partial charge on any atom is 0.326 e. The number of nitrogens with one attached hydrogen (secondary N) is 2. The molecular weight excluding hydrogens is 654 g/mol. The molecule has 0 radical (unpaired) electrons. The molecule has 1 amide bonds. The van der Waals surface area contributed by atoms with Crippen molar-refractivity contribution in [1.82, 2.24) is 29.5 Å². The first-order valence-corrected chi connectivity index (χ1v) is 17.0. The number of carbonyl (C=O) groups is 3. The lowest BCUT2D eigenvalue weighted by Crippen LogP contribution is -2.49. The van der Waals surface area contributed by atoms with Gasteiger partial charge in [0.05, 0.1) is 21.5 Å². The molecule has 1 fully saturated rings. The highest BCUT2D eigenvalue weighted by Gasteiger charge is 2.32. The zero-order valence-electron chi connectivity index (χ0n) is 24.7. The second-order valence-electron chi connectivity index (χ2n) is 10.0. The molecule has 242 valence electrons. The molecule has 14 nitrogen and oxygen atoms in total. The van der Waals surface area contributed by atoms with E-state index in [0.29, 0.717) is 38.3 Å². The number of sulfonamides is 1. The number of carboxylic acid groups (broad SMARTS) is 1. The van der Waals surface area contributed by atoms with Crippen LogP contribution in [0.4, 0.5) is 5.13 Å². The van der Waals surface area contributed by atoms with Gasteiger partial charge in [-0.15, -0.1) is 11.3 Å². The maximum absolute atomic E-state index is 13.5. The first kappa shape index (κ1) is 35.4. The largest absolute Gasteiger partial charge is 0.483 e. The summed E-state index contributed by atoms with van der Waals surface area (Å²) in [6.45, 7) is 2.58. The summed E-state index contributed by atoms with van der Waals surface area (Å²) >= 11 is 8.07. The van der Waals surface area contributed by atoms with Crippen molar-refractivity contribution in [2.75, 3.05) is 45.2 Å². The Morgan fingerprint density at radius 3 is 2.66 bits per heavy atom. The lowest BCUT2D eigenvalue weighted by Gasteiger charge is -2.35. The number of rotatable bonds is 12. The number of carbonyl (C=O) groups excluding carboxylic acids is 2. The predicted molar refractivity (Wildman–Crippen MR) is 168 cm³/mol. The third-order valence-corrected chi connectivity index (χ3v) is 11.3. The van der Waals surface area contributed by atoms with Crippen LogP contribution in [-0.4, -0.2) is 104 Å². The van der Waals surface area contributed by atoms with Gasteiger partial charge in [0.15, 0.2) is 9.34 Å². The van der Waals surface area contributed by atoms with Gasteiger partial charge >= 0.3 is 5.97 Å². The first-order chi connectivity index (χ1) is 20.9. The lowest BCUT2D eigenvalue weighted by atomic mass is 10.1. The number of halogens is 1. The van der Waals surface area contributed by atoms with Gasteiger partial charge in [0.25, 0.3) is 22.4 Å². The Hall–Kier alpha value is -3.09. The second kappa shape index (κ2) is 16.3. The molecule has 44 heavy (non-hydrogen) atoms. The molecule has 0 unspecified atom stereocenters. The molecule has 18 heteroatoms.